The Bertz CT molecular complexity index is 482. The Morgan fingerprint density at radius 1 is 1.35 bits per heavy atom. The zero-order valence-corrected chi connectivity index (χ0v) is 10.4. The molecule has 0 atom stereocenters. The summed E-state index contributed by atoms with van der Waals surface area (Å²) in [5.41, 5.74) is 0.916. The number of aromatic nitrogens is 1. The van der Waals surface area contributed by atoms with Crippen LogP contribution in [0.4, 0.5) is 0 Å². The van der Waals surface area contributed by atoms with E-state index in [9.17, 15) is 0 Å². The van der Waals surface area contributed by atoms with Crippen LogP contribution in [0.15, 0.2) is 34.9 Å². The van der Waals surface area contributed by atoms with Gasteiger partial charge < -0.3 is 9.15 Å². The maximum atomic E-state index is 5.66. The van der Waals surface area contributed by atoms with Crippen LogP contribution in [0.2, 0.25) is 0 Å². The predicted octanol–water partition coefficient (Wildman–Crippen LogP) is 3.52. The molecule has 4 heteroatoms. The first-order valence-corrected chi connectivity index (χ1v) is 6.02. The van der Waals surface area contributed by atoms with Crippen LogP contribution >= 0.6 is 11.6 Å². The van der Waals surface area contributed by atoms with Crippen LogP contribution in [0.1, 0.15) is 12.3 Å². The van der Waals surface area contributed by atoms with Crippen molar-refractivity contribution in [2.24, 2.45) is 0 Å². The Labute approximate surface area is 105 Å². The molecule has 0 unspecified atom stereocenters. The molecule has 0 spiro atoms. The van der Waals surface area contributed by atoms with Gasteiger partial charge in [-0.2, -0.15) is 0 Å². The summed E-state index contributed by atoms with van der Waals surface area (Å²) in [5.74, 6) is 2.85. The number of benzene rings is 1. The van der Waals surface area contributed by atoms with Gasteiger partial charge in [-0.15, -0.1) is 11.6 Å². The van der Waals surface area contributed by atoms with Crippen molar-refractivity contribution in [3.8, 4) is 17.1 Å². The van der Waals surface area contributed by atoms with Gasteiger partial charge in [-0.05, 0) is 18.6 Å². The quantitative estimate of drug-likeness (QED) is 0.763. The molecule has 0 aliphatic carbocycles. The molecule has 17 heavy (non-hydrogen) atoms. The van der Waals surface area contributed by atoms with E-state index in [1.807, 2.05) is 24.3 Å². The van der Waals surface area contributed by atoms with Gasteiger partial charge in [0, 0.05) is 12.3 Å². The maximum Gasteiger partial charge on any atom is 0.194 e. The lowest BCUT2D eigenvalue weighted by molar-refractivity contribution is 0.413. The summed E-state index contributed by atoms with van der Waals surface area (Å²) < 4.78 is 10.9. The average molecular weight is 252 g/mol. The molecule has 0 saturated heterocycles. The van der Waals surface area contributed by atoms with Crippen molar-refractivity contribution in [2.45, 2.75) is 12.8 Å². The number of rotatable bonds is 5. The molecule has 1 heterocycles. The van der Waals surface area contributed by atoms with E-state index in [0.717, 1.165) is 29.9 Å². The van der Waals surface area contributed by atoms with Crippen molar-refractivity contribution in [3.63, 3.8) is 0 Å². The lowest BCUT2D eigenvalue weighted by Crippen LogP contribution is -1.86. The van der Waals surface area contributed by atoms with Gasteiger partial charge >= 0.3 is 0 Å². The minimum atomic E-state index is 0.617. The second kappa shape index (κ2) is 5.73. The number of hydrogen-bond acceptors (Lipinski definition) is 3. The molecule has 0 saturated carbocycles. The fourth-order valence-corrected chi connectivity index (χ4v) is 1.75. The van der Waals surface area contributed by atoms with Gasteiger partial charge in [0.25, 0.3) is 0 Å². The Morgan fingerprint density at radius 3 is 2.94 bits per heavy atom. The first-order valence-electron chi connectivity index (χ1n) is 5.49. The molecular weight excluding hydrogens is 238 g/mol. The highest BCUT2D eigenvalue weighted by molar-refractivity contribution is 6.17. The van der Waals surface area contributed by atoms with E-state index in [2.05, 4.69) is 4.98 Å². The van der Waals surface area contributed by atoms with Crippen LogP contribution in [0.3, 0.4) is 0 Å². The van der Waals surface area contributed by atoms with E-state index in [-0.39, 0.29) is 0 Å². The Morgan fingerprint density at radius 2 is 2.18 bits per heavy atom. The van der Waals surface area contributed by atoms with Crippen LogP contribution in [-0.4, -0.2) is 18.0 Å². The van der Waals surface area contributed by atoms with E-state index in [1.54, 1.807) is 13.3 Å². The van der Waals surface area contributed by atoms with E-state index in [1.165, 1.54) is 0 Å². The predicted molar refractivity (Wildman–Crippen MR) is 67.5 cm³/mol. The van der Waals surface area contributed by atoms with Gasteiger partial charge in [-0.1, -0.05) is 12.1 Å². The smallest absolute Gasteiger partial charge is 0.194 e. The van der Waals surface area contributed by atoms with E-state index in [4.69, 9.17) is 20.8 Å². The van der Waals surface area contributed by atoms with Crippen molar-refractivity contribution < 1.29 is 9.15 Å². The minimum absolute atomic E-state index is 0.617. The van der Waals surface area contributed by atoms with Crippen LogP contribution in [0.25, 0.3) is 11.3 Å². The molecule has 0 N–H and O–H groups in total. The molecule has 2 rings (SSSR count). The Balaban J connectivity index is 2.24. The van der Waals surface area contributed by atoms with E-state index < -0.39 is 0 Å². The summed E-state index contributed by atoms with van der Waals surface area (Å²) in [5, 5.41) is 0. The molecule has 0 amide bonds. The lowest BCUT2D eigenvalue weighted by atomic mass is 10.1. The average Bonchev–Trinajstić information content (AvgIpc) is 2.85. The van der Waals surface area contributed by atoms with Crippen molar-refractivity contribution in [2.75, 3.05) is 13.0 Å². The summed E-state index contributed by atoms with van der Waals surface area (Å²) in [6.45, 7) is 0. The zero-order valence-electron chi connectivity index (χ0n) is 9.65. The number of oxazole rings is 1. The van der Waals surface area contributed by atoms with E-state index >= 15 is 0 Å². The van der Waals surface area contributed by atoms with E-state index in [0.29, 0.717) is 11.8 Å². The number of halogens is 1. The largest absolute Gasteiger partial charge is 0.496 e. The van der Waals surface area contributed by atoms with Gasteiger partial charge in [0.2, 0.25) is 0 Å². The third kappa shape index (κ3) is 2.80. The SMILES string of the molecule is COc1ccccc1-c1cnc(CCCCl)o1. The second-order valence-corrected chi connectivity index (χ2v) is 3.99. The van der Waals surface area contributed by atoms with Gasteiger partial charge in [0.15, 0.2) is 11.7 Å². The highest BCUT2D eigenvalue weighted by Crippen LogP contribution is 2.30. The van der Waals surface area contributed by atoms with Crippen molar-refractivity contribution >= 4 is 11.6 Å². The number of para-hydroxylation sites is 1. The maximum absolute atomic E-state index is 5.66. The number of nitrogens with zero attached hydrogens (tertiary/aromatic N) is 1. The highest BCUT2D eigenvalue weighted by atomic mass is 35.5. The molecule has 0 bridgehead atoms. The molecule has 0 aliphatic rings. The number of methoxy groups -OCH3 is 1. The second-order valence-electron chi connectivity index (χ2n) is 3.61. The molecule has 1 aromatic carbocycles. The Kier molecular flexibility index (Phi) is 4.04. The number of aryl methyl sites for hydroxylation is 1. The van der Waals surface area contributed by atoms with Gasteiger partial charge in [-0.25, -0.2) is 4.98 Å². The van der Waals surface area contributed by atoms with Crippen LogP contribution in [0.5, 0.6) is 5.75 Å². The number of hydrogen-bond donors (Lipinski definition) is 0. The lowest BCUT2D eigenvalue weighted by Gasteiger charge is -2.04. The van der Waals surface area contributed by atoms with Crippen LogP contribution in [0, 0.1) is 0 Å². The van der Waals surface area contributed by atoms with Gasteiger partial charge in [0.05, 0.1) is 18.9 Å². The molecular formula is C13H14ClNO2. The summed E-state index contributed by atoms with van der Waals surface area (Å²) in [7, 11) is 1.64. The van der Waals surface area contributed by atoms with Crippen LogP contribution in [-0.2, 0) is 6.42 Å². The van der Waals surface area contributed by atoms with Crippen LogP contribution < -0.4 is 4.74 Å². The topological polar surface area (TPSA) is 35.3 Å². The summed E-state index contributed by atoms with van der Waals surface area (Å²) >= 11 is 5.63. The zero-order chi connectivity index (χ0) is 12.1. The molecule has 3 nitrogen and oxygen atoms in total. The monoisotopic (exact) mass is 251 g/mol. The van der Waals surface area contributed by atoms with Crippen molar-refractivity contribution in [3.05, 3.63) is 36.4 Å². The first-order chi connectivity index (χ1) is 8.35. The third-order valence-corrected chi connectivity index (χ3v) is 2.72. The molecule has 0 radical (unpaired) electrons. The highest BCUT2D eigenvalue weighted by Gasteiger charge is 2.10. The fourth-order valence-electron chi connectivity index (χ4n) is 1.62. The minimum Gasteiger partial charge on any atom is -0.496 e. The Hall–Kier alpha value is -1.48. The molecule has 0 aliphatic heterocycles. The molecule has 90 valence electrons. The number of alkyl halides is 1. The third-order valence-electron chi connectivity index (χ3n) is 2.45. The summed E-state index contributed by atoms with van der Waals surface area (Å²) in [6.07, 6.45) is 3.35. The van der Waals surface area contributed by atoms with Crippen molar-refractivity contribution in [1.82, 2.24) is 4.98 Å². The fraction of sp³-hybridized carbons (Fsp3) is 0.308. The molecule has 0 fully saturated rings. The molecule has 2 aromatic rings. The molecule has 1 aromatic heterocycles. The summed E-state index contributed by atoms with van der Waals surface area (Å²) in [4.78, 5) is 4.22. The number of ether oxygens (including phenoxy) is 1. The first kappa shape index (κ1) is 12.0. The normalized spacial score (nSPS) is 10.5. The van der Waals surface area contributed by atoms with Gasteiger partial charge in [-0.3, -0.25) is 0 Å². The van der Waals surface area contributed by atoms with Crippen molar-refractivity contribution in [1.29, 1.82) is 0 Å². The van der Waals surface area contributed by atoms with Gasteiger partial charge in [0.1, 0.15) is 5.75 Å². The summed E-state index contributed by atoms with van der Waals surface area (Å²) in [6, 6.07) is 7.72. The standard InChI is InChI=1S/C13H14ClNO2/c1-16-11-6-3-2-5-10(11)12-9-15-13(17-12)7-4-8-14/h2-3,5-6,9H,4,7-8H2,1H3.